The Bertz CT molecular complexity index is 1080. The number of ketones is 1. The van der Waals surface area contributed by atoms with E-state index in [2.05, 4.69) is 0 Å². The van der Waals surface area contributed by atoms with Gasteiger partial charge in [-0.1, -0.05) is 17.7 Å². The van der Waals surface area contributed by atoms with Gasteiger partial charge in [0.1, 0.15) is 5.75 Å². The zero-order valence-corrected chi connectivity index (χ0v) is 18.5. The Morgan fingerprint density at radius 2 is 1.65 bits per heavy atom. The lowest BCUT2D eigenvalue weighted by molar-refractivity contribution is -0.119. The number of Topliss-reactive ketones (excluding diaryl/α,β-unsaturated/α-hetero) is 1. The molecule has 2 aliphatic rings. The maximum absolute atomic E-state index is 13.4. The first-order valence-electron chi connectivity index (χ1n) is 10.1. The number of hydrogen-bond acceptors (Lipinski definition) is 5. The molecule has 2 aromatic rings. The lowest BCUT2D eigenvalue weighted by Crippen LogP contribution is -2.40. The third-order valence-electron chi connectivity index (χ3n) is 5.85. The molecule has 31 heavy (non-hydrogen) atoms. The van der Waals surface area contributed by atoms with Crippen LogP contribution in [0.25, 0.3) is 0 Å². The monoisotopic (exact) mass is 441 g/mol. The first-order chi connectivity index (χ1) is 15.0. The van der Waals surface area contributed by atoms with E-state index in [1.54, 1.807) is 56.6 Å². The van der Waals surface area contributed by atoms with Gasteiger partial charge >= 0.3 is 0 Å². The Morgan fingerprint density at radius 3 is 2.32 bits per heavy atom. The molecule has 1 heterocycles. The first-order valence-corrected chi connectivity index (χ1v) is 10.5. The fraction of sp³-hybridized carbons (Fsp3) is 0.333. The van der Waals surface area contributed by atoms with Gasteiger partial charge in [-0.2, -0.15) is 0 Å². The topological polar surface area (TPSA) is 65.1 Å². The number of rotatable bonds is 5. The summed E-state index contributed by atoms with van der Waals surface area (Å²) >= 11 is 6.18. The molecular weight excluding hydrogens is 418 g/mol. The second kappa shape index (κ2) is 8.63. The van der Waals surface area contributed by atoms with Crippen molar-refractivity contribution in [1.82, 2.24) is 0 Å². The number of halogens is 1. The number of amides is 1. The Kier molecular flexibility index (Phi) is 5.92. The number of carbonyl (C=O) groups excluding carboxylic acids is 2. The molecule has 1 aliphatic heterocycles. The number of methoxy groups -OCH3 is 3. The van der Waals surface area contributed by atoms with Gasteiger partial charge in [-0.05, 0) is 37.1 Å². The van der Waals surface area contributed by atoms with E-state index in [9.17, 15) is 9.59 Å². The van der Waals surface area contributed by atoms with Gasteiger partial charge in [0, 0.05) is 46.7 Å². The van der Waals surface area contributed by atoms with Gasteiger partial charge in [0.15, 0.2) is 17.3 Å². The van der Waals surface area contributed by atoms with Crippen molar-refractivity contribution in [2.45, 2.75) is 31.6 Å². The van der Waals surface area contributed by atoms with Crippen LogP contribution in [0.5, 0.6) is 17.2 Å². The first kappa shape index (κ1) is 21.2. The molecule has 0 aromatic heterocycles. The Hall–Kier alpha value is -2.99. The van der Waals surface area contributed by atoms with E-state index in [1.165, 1.54) is 0 Å². The van der Waals surface area contributed by atoms with Crippen molar-refractivity contribution in [2.75, 3.05) is 26.2 Å². The normalized spacial score (nSPS) is 18.7. The van der Waals surface area contributed by atoms with E-state index in [4.69, 9.17) is 25.8 Å². The highest BCUT2D eigenvalue weighted by Gasteiger charge is 2.41. The lowest BCUT2D eigenvalue weighted by Gasteiger charge is -2.38. The van der Waals surface area contributed by atoms with Gasteiger partial charge < -0.3 is 14.2 Å². The minimum atomic E-state index is -0.416. The molecule has 1 aliphatic carbocycles. The number of anilines is 1. The molecule has 4 rings (SSSR count). The van der Waals surface area contributed by atoms with Gasteiger partial charge in [0.25, 0.3) is 0 Å². The third kappa shape index (κ3) is 3.76. The molecular formula is C24H24ClNO5. The van der Waals surface area contributed by atoms with Crippen LogP contribution in [0.2, 0.25) is 5.02 Å². The summed E-state index contributed by atoms with van der Waals surface area (Å²) in [5.74, 6) is 1.15. The third-order valence-corrected chi connectivity index (χ3v) is 6.09. The maximum atomic E-state index is 13.4. The van der Waals surface area contributed by atoms with Crippen LogP contribution >= 0.6 is 11.6 Å². The highest BCUT2D eigenvalue weighted by Crippen LogP contribution is 2.48. The Labute approximate surface area is 186 Å². The van der Waals surface area contributed by atoms with E-state index < -0.39 is 5.92 Å². The zero-order valence-electron chi connectivity index (χ0n) is 17.7. The second-order valence-corrected chi connectivity index (χ2v) is 7.99. The minimum absolute atomic E-state index is 0.0580. The highest BCUT2D eigenvalue weighted by atomic mass is 35.5. The quantitative estimate of drug-likeness (QED) is 0.660. The summed E-state index contributed by atoms with van der Waals surface area (Å²) in [7, 11) is 4.67. The Balaban J connectivity index is 1.90. The van der Waals surface area contributed by atoms with Crippen LogP contribution in [0.4, 0.5) is 5.69 Å². The molecule has 0 unspecified atom stereocenters. The van der Waals surface area contributed by atoms with Gasteiger partial charge in [0.05, 0.1) is 27.0 Å². The van der Waals surface area contributed by atoms with Crippen molar-refractivity contribution in [3.63, 3.8) is 0 Å². The highest BCUT2D eigenvalue weighted by molar-refractivity contribution is 6.31. The molecule has 1 amide bonds. The molecule has 0 fully saturated rings. The molecule has 1 atom stereocenters. The lowest BCUT2D eigenvalue weighted by atomic mass is 9.76. The van der Waals surface area contributed by atoms with Gasteiger partial charge in [0.2, 0.25) is 5.91 Å². The smallest absolute Gasteiger partial charge is 0.232 e. The number of hydrogen-bond donors (Lipinski definition) is 0. The summed E-state index contributed by atoms with van der Waals surface area (Å²) in [6.45, 7) is 0. The predicted octanol–water partition coefficient (Wildman–Crippen LogP) is 4.89. The van der Waals surface area contributed by atoms with E-state index in [1.807, 2.05) is 6.07 Å². The summed E-state index contributed by atoms with van der Waals surface area (Å²) in [6.07, 6.45) is 1.95. The summed E-state index contributed by atoms with van der Waals surface area (Å²) in [5, 5.41) is 0.540. The molecule has 162 valence electrons. The molecule has 0 bridgehead atoms. The van der Waals surface area contributed by atoms with Crippen LogP contribution in [0.15, 0.2) is 47.7 Å². The number of nitrogens with zero attached hydrogens (tertiary/aromatic N) is 1. The van der Waals surface area contributed by atoms with Crippen molar-refractivity contribution >= 4 is 29.0 Å². The fourth-order valence-electron chi connectivity index (χ4n) is 4.50. The summed E-state index contributed by atoms with van der Waals surface area (Å²) in [5.41, 5.74) is 2.83. The molecule has 0 radical (unpaired) electrons. The molecule has 2 aromatic carbocycles. The SMILES string of the molecule is COc1cc(OC)c([C@@H]2CC(=O)N(c3cccc(Cl)c3)C3=C2C(=O)CCC3)cc1OC. The van der Waals surface area contributed by atoms with Crippen molar-refractivity contribution in [2.24, 2.45) is 0 Å². The minimum Gasteiger partial charge on any atom is -0.496 e. The standard InChI is InChI=1S/C24H24ClNO5/c1-29-20-13-22(31-3)21(30-2)11-16(20)17-12-23(28)26(15-7-4-6-14(25)10-15)18-8-5-9-19(27)24(17)18/h4,6-7,10-11,13,17H,5,8-9,12H2,1-3H3/t17-/m0/s1. The van der Waals surface area contributed by atoms with Crippen molar-refractivity contribution in [3.8, 4) is 17.2 Å². The van der Waals surface area contributed by atoms with Gasteiger partial charge in [-0.3, -0.25) is 14.5 Å². The van der Waals surface area contributed by atoms with Crippen LogP contribution in [-0.2, 0) is 9.59 Å². The summed E-state index contributed by atoms with van der Waals surface area (Å²) in [4.78, 5) is 28.1. The van der Waals surface area contributed by atoms with Crippen LogP contribution in [0.3, 0.4) is 0 Å². The number of ether oxygens (including phenoxy) is 3. The van der Waals surface area contributed by atoms with Crippen molar-refractivity contribution in [1.29, 1.82) is 0 Å². The predicted molar refractivity (Wildman–Crippen MR) is 118 cm³/mol. The van der Waals surface area contributed by atoms with Crippen LogP contribution in [-0.4, -0.2) is 33.0 Å². The molecule has 0 N–H and O–H groups in total. The molecule has 0 saturated carbocycles. The molecule has 7 heteroatoms. The zero-order chi connectivity index (χ0) is 22.1. The Morgan fingerprint density at radius 1 is 0.935 bits per heavy atom. The van der Waals surface area contributed by atoms with E-state index >= 15 is 0 Å². The molecule has 0 saturated heterocycles. The van der Waals surface area contributed by atoms with Gasteiger partial charge in [-0.25, -0.2) is 0 Å². The maximum Gasteiger partial charge on any atom is 0.232 e. The summed E-state index contributed by atoms with van der Waals surface area (Å²) < 4.78 is 16.5. The van der Waals surface area contributed by atoms with E-state index in [0.29, 0.717) is 52.8 Å². The average molecular weight is 442 g/mol. The summed E-state index contributed by atoms with van der Waals surface area (Å²) in [6, 6.07) is 10.7. The van der Waals surface area contributed by atoms with E-state index in [-0.39, 0.29) is 18.1 Å². The number of benzene rings is 2. The molecule has 0 spiro atoms. The number of carbonyl (C=O) groups is 2. The fourth-order valence-corrected chi connectivity index (χ4v) is 4.68. The molecule has 6 nitrogen and oxygen atoms in total. The number of allylic oxidation sites excluding steroid dienone is 2. The van der Waals surface area contributed by atoms with Crippen LogP contribution in [0.1, 0.15) is 37.2 Å². The second-order valence-electron chi connectivity index (χ2n) is 7.55. The van der Waals surface area contributed by atoms with Crippen LogP contribution < -0.4 is 19.1 Å². The van der Waals surface area contributed by atoms with Crippen LogP contribution in [0, 0.1) is 0 Å². The van der Waals surface area contributed by atoms with Gasteiger partial charge in [-0.15, -0.1) is 0 Å². The largest absolute Gasteiger partial charge is 0.496 e. The average Bonchev–Trinajstić information content (AvgIpc) is 2.77. The van der Waals surface area contributed by atoms with Crippen molar-refractivity contribution in [3.05, 3.63) is 58.3 Å². The van der Waals surface area contributed by atoms with Crippen molar-refractivity contribution < 1.29 is 23.8 Å². The van der Waals surface area contributed by atoms with E-state index in [0.717, 1.165) is 11.3 Å².